The van der Waals surface area contributed by atoms with Crippen LogP contribution in [0.25, 0.3) is 0 Å². The molecule has 0 rings (SSSR count). The second kappa shape index (κ2) is 52.0. The van der Waals surface area contributed by atoms with Crippen molar-refractivity contribution in [3.63, 3.8) is 0 Å². The highest BCUT2D eigenvalue weighted by atomic mass is 16.5. The summed E-state index contributed by atoms with van der Waals surface area (Å²) in [5.74, 6) is -0.643. The zero-order valence-electron chi connectivity index (χ0n) is 42.6. The van der Waals surface area contributed by atoms with Crippen LogP contribution in [0.1, 0.15) is 252 Å². The molecule has 1 amide bonds. The monoisotopic (exact) mass is 906 g/mol. The molecule has 0 heterocycles. The number of amides is 1. The van der Waals surface area contributed by atoms with E-state index in [0.717, 1.165) is 77.0 Å². The molecule has 0 aliphatic heterocycles. The average Bonchev–Trinajstić information content (AvgIpc) is 3.30. The van der Waals surface area contributed by atoms with Gasteiger partial charge in [-0.1, -0.05) is 247 Å². The molecule has 65 heavy (non-hydrogen) atoms. The summed E-state index contributed by atoms with van der Waals surface area (Å²) in [5.41, 5.74) is 0. The van der Waals surface area contributed by atoms with Gasteiger partial charge in [0.25, 0.3) is 0 Å². The van der Waals surface area contributed by atoms with Crippen LogP contribution < -0.4 is 5.32 Å². The Morgan fingerprint density at radius 1 is 0.492 bits per heavy atom. The highest BCUT2D eigenvalue weighted by Crippen LogP contribution is 2.16. The number of unbranched alkanes of at least 4 members (excludes halogenated alkanes) is 25. The van der Waals surface area contributed by atoms with E-state index in [0.29, 0.717) is 19.3 Å². The third-order valence-electron chi connectivity index (χ3n) is 12.0. The molecule has 0 spiro atoms. The van der Waals surface area contributed by atoms with Crippen molar-refractivity contribution in [3.05, 3.63) is 85.1 Å². The molecule has 0 radical (unpaired) electrons. The van der Waals surface area contributed by atoms with Crippen LogP contribution >= 0.6 is 0 Å². The lowest BCUT2D eigenvalue weighted by atomic mass is 10.0. The van der Waals surface area contributed by atoms with Gasteiger partial charge in [-0.15, -0.1) is 0 Å². The normalized spacial score (nSPS) is 13.9. The number of carbonyl (C=O) groups excluding carboxylic acids is 2. The maximum absolute atomic E-state index is 13.2. The quantitative estimate of drug-likeness (QED) is 0.0245. The van der Waals surface area contributed by atoms with Crippen LogP contribution in [0.15, 0.2) is 85.1 Å². The van der Waals surface area contributed by atoms with E-state index in [2.05, 4.69) is 99.0 Å². The van der Waals surface area contributed by atoms with Crippen LogP contribution in [0.5, 0.6) is 0 Å². The second-order valence-electron chi connectivity index (χ2n) is 18.3. The van der Waals surface area contributed by atoms with Crippen molar-refractivity contribution in [1.29, 1.82) is 0 Å². The fraction of sp³-hybridized carbons (Fsp3) is 0.729. The SMILES string of the molecule is CC/C=C/C/C=C/C/C=C/C/C=C/C/C=C/C(CC(=O)NC(CO)C(O)CCCCCCCCCCCCCCCCCCC)OC(=O)CCCCCCCC/C=C/C=C/CCCCC. The summed E-state index contributed by atoms with van der Waals surface area (Å²) in [6.07, 6.45) is 68.2. The van der Waals surface area contributed by atoms with E-state index in [-0.39, 0.29) is 24.9 Å². The van der Waals surface area contributed by atoms with E-state index in [9.17, 15) is 19.8 Å². The fourth-order valence-corrected chi connectivity index (χ4v) is 7.85. The van der Waals surface area contributed by atoms with Gasteiger partial charge in [0.2, 0.25) is 5.91 Å². The molecule has 0 aromatic rings. The molecule has 6 nitrogen and oxygen atoms in total. The van der Waals surface area contributed by atoms with Crippen molar-refractivity contribution in [2.45, 2.75) is 270 Å². The molecule has 3 atom stereocenters. The Kier molecular flexibility index (Phi) is 49.6. The number of nitrogens with one attached hydrogen (secondary N) is 1. The van der Waals surface area contributed by atoms with Gasteiger partial charge in [-0.2, -0.15) is 0 Å². The first kappa shape index (κ1) is 62.0. The predicted octanol–water partition coefficient (Wildman–Crippen LogP) is 16.7. The lowest BCUT2D eigenvalue weighted by molar-refractivity contribution is -0.148. The molecule has 0 saturated carbocycles. The number of carbonyl (C=O) groups is 2. The molecular formula is C59H103NO5. The Balaban J connectivity index is 4.68. The Hall–Kier alpha value is -2.96. The van der Waals surface area contributed by atoms with Crippen molar-refractivity contribution in [3.8, 4) is 0 Å². The van der Waals surface area contributed by atoms with Crippen molar-refractivity contribution < 1.29 is 24.5 Å². The van der Waals surface area contributed by atoms with Gasteiger partial charge in [-0.05, 0) is 76.7 Å². The molecule has 0 aromatic carbocycles. The molecule has 0 aromatic heterocycles. The van der Waals surface area contributed by atoms with E-state index in [1.807, 2.05) is 6.08 Å². The molecule has 374 valence electrons. The Morgan fingerprint density at radius 3 is 1.37 bits per heavy atom. The summed E-state index contributed by atoms with van der Waals surface area (Å²) < 4.78 is 5.83. The zero-order chi connectivity index (χ0) is 47.4. The lowest BCUT2D eigenvalue weighted by Crippen LogP contribution is -2.46. The minimum Gasteiger partial charge on any atom is -0.458 e. The largest absolute Gasteiger partial charge is 0.458 e. The summed E-state index contributed by atoms with van der Waals surface area (Å²) in [4.78, 5) is 26.1. The summed E-state index contributed by atoms with van der Waals surface area (Å²) in [7, 11) is 0. The average molecular weight is 906 g/mol. The molecule has 0 saturated heterocycles. The van der Waals surface area contributed by atoms with Crippen LogP contribution in [-0.4, -0.2) is 46.9 Å². The van der Waals surface area contributed by atoms with Gasteiger partial charge in [-0.3, -0.25) is 9.59 Å². The standard InChI is InChI=1S/C59H103NO5/c1-4-7-10-13-16-19-22-25-28-29-31-33-36-39-42-45-48-51-57(62)56(54-61)60-58(63)53-55(50-47-44-41-38-35-32-27-24-21-18-15-12-9-6-3)65-59(64)52-49-46-43-40-37-34-30-26-23-20-17-14-11-8-5-2/h9,12,17-18,20-21,23,26-27,32,38,41,47,50,55-57,61-62H,4-8,10-11,13-16,19,22,24-25,28-31,33-37,39-40,42-46,48-49,51-54H2,1-3H3,(H,60,63)/b12-9+,20-17+,21-18+,26-23+,32-27+,41-38+,50-47+. The number of allylic oxidation sites excluding steroid dienone is 13. The Labute approximate surface area is 402 Å². The maximum atomic E-state index is 13.2. The van der Waals surface area contributed by atoms with Crippen molar-refractivity contribution in [2.75, 3.05) is 6.61 Å². The number of ether oxygens (including phenoxy) is 1. The van der Waals surface area contributed by atoms with E-state index in [1.54, 1.807) is 6.08 Å². The highest BCUT2D eigenvalue weighted by Gasteiger charge is 2.23. The molecule has 3 unspecified atom stereocenters. The topological polar surface area (TPSA) is 95.9 Å². The van der Waals surface area contributed by atoms with Gasteiger partial charge in [0.15, 0.2) is 0 Å². The van der Waals surface area contributed by atoms with E-state index < -0.39 is 18.2 Å². The molecule has 0 aliphatic carbocycles. The van der Waals surface area contributed by atoms with E-state index >= 15 is 0 Å². The Bertz CT molecular complexity index is 1250. The predicted molar refractivity (Wildman–Crippen MR) is 282 cm³/mol. The third kappa shape index (κ3) is 47.3. The summed E-state index contributed by atoms with van der Waals surface area (Å²) in [6.45, 7) is 6.31. The number of esters is 1. The zero-order valence-corrected chi connectivity index (χ0v) is 42.6. The number of rotatable bonds is 48. The lowest BCUT2D eigenvalue weighted by Gasteiger charge is -2.23. The molecular weight excluding hydrogens is 803 g/mol. The summed E-state index contributed by atoms with van der Waals surface area (Å²) in [5, 5.41) is 23.8. The molecule has 0 bridgehead atoms. The summed E-state index contributed by atoms with van der Waals surface area (Å²) in [6, 6.07) is -0.749. The van der Waals surface area contributed by atoms with Gasteiger partial charge in [0.05, 0.1) is 25.2 Å². The smallest absolute Gasteiger partial charge is 0.306 e. The second-order valence-corrected chi connectivity index (χ2v) is 18.3. The van der Waals surface area contributed by atoms with Gasteiger partial charge in [0.1, 0.15) is 6.10 Å². The van der Waals surface area contributed by atoms with Gasteiger partial charge in [0, 0.05) is 6.42 Å². The van der Waals surface area contributed by atoms with Crippen molar-refractivity contribution in [1.82, 2.24) is 5.32 Å². The number of aliphatic hydroxyl groups is 2. The fourth-order valence-electron chi connectivity index (χ4n) is 7.85. The Morgan fingerprint density at radius 2 is 0.892 bits per heavy atom. The molecule has 6 heteroatoms. The summed E-state index contributed by atoms with van der Waals surface area (Å²) >= 11 is 0. The van der Waals surface area contributed by atoms with Crippen LogP contribution in [0.3, 0.4) is 0 Å². The van der Waals surface area contributed by atoms with Crippen LogP contribution in [0.2, 0.25) is 0 Å². The molecule has 3 N–H and O–H groups in total. The van der Waals surface area contributed by atoms with Gasteiger partial charge >= 0.3 is 5.97 Å². The minimum atomic E-state index is -0.825. The van der Waals surface area contributed by atoms with E-state index in [1.165, 1.54) is 128 Å². The third-order valence-corrected chi connectivity index (χ3v) is 12.0. The highest BCUT2D eigenvalue weighted by molar-refractivity contribution is 5.78. The van der Waals surface area contributed by atoms with E-state index in [4.69, 9.17) is 4.74 Å². The van der Waals surface area contributed by atoms with Crippen molar-refractivity contribution in [2.24, 2.45) is 0 Å². The van der Waals surface area contributed by atoms with Crippen molar-refractivity contribution >= 4 is 11.9 Å². The van der Waals surface area contributed by atoms with Crippen LogP contribution in [0, 0.1) is 0 Å². The number of hydrogen-bond acceptors (Lipinski definition) is 5. The number of aliphatic hydroxyl groups excluding tert-OH is 2. The van der Waals surface area contributed by atoms with Crippen LogP contribution in [0.4, 0.5) is 0 Å². The molecule has 0 aliphatic rings. The first-order valence-corrected chi connectivity index (χ1v) is 27.3. The maximum Gasteiger partial charge on any atom is 0.306 e. The van der Waals surface area contributed by atoms with Crippen LogP contribution in [-0.2, 0) is 14.3 Å². The first-order valence-electron chi connectivity index (χ1n) is 27.3. The van der Waals surface area contributed by atoms with Gasteiger partial charge < -0.3 is 20.3 Å². The minimum absolute atomic E-state index is 0.0537. The van der Waals surface area contributed by atoms with Gasteiger partial charge in [-0.25, -0.2) is 0 Å². The number of hydrogen-bond donors (Lipinski definition) is 3. The first-order chi connectivity index (χ1) is 32.0. The molecule has 0 fully saturated rings.